The molecule has 0 radical (unpaired) electrons. The van der Waals surface area contributed by atoms with Gasteiger partial charge < -0.3 is 9.84 Å². The van der Waals surface area contributed by atoms with Crippen molar-refractivity contribution >= 4 is 11.2 Å². The molecule has 2 atom stereocenters. The predicted octanol–water partition coefficient (Wildman–Crippen LogP) is 3.81. The van der Waals surface area contributed by atoms with Gasteiger partial charge in [-0.15, -0.1) is 0 Å². The number of aliphatic hydroxyl groups excluding tert-OH is 1. The van der Waals surface area contributed by atoms with Crippen molar-refractivity contribution in [3.8, 4) is 11.3 Å². The zero-order valence-corrected chi connectivity index (χ0v) is 18.9. The summed E-state index contributed by atoms with van der Waals surface area (Å²) in [6.07, 6.45) is 4.70. The molecule has 0 amide bonds. The smallest absolute Gasteiger partial charge is 0.182 e. The van der Waals surface area contributed by atoms with Gasteiger partial charge in [-0.3, -0.25) is 4.68 Å². The number of aromatic nitrogens is 6. The zero-order chi connectivity index (χ0) is 23.8. The van der Waals surface area contributed by atoms with Crippen molar-refractivity contribution in [2.75, 3.05) is 13.2 Å². The van der Waals surface area contributed by atoms with E-state index >= 15 is 0 Å². The number of aliphatic hydroxyl groups is 1. The summed E-state index contributed by atoms with van der Waals surface area (Å²) in [6.45, 7) is 4.58. The van der Waals surface area contributed by atoms with Crippen LogP contribution in [-0.2, 0) is 11.3 Å². The molecule has 5 rings (SSSR count). The third kappa shape index (κ3) is 4.26. The molecule has 1 N–H and O–H groups in total. The van der Waals surface area contributed by atoms with Crippen molar-refractivity contribution in [2.45, 2.75) is 45.3 Å². The Morgan fingerprint density at radius 1 is 1.12 bits per heavy atom. The van der Waals surface area contributed by atoms with Gasteiger partial charge in [-0.1, -0.05) is 0 Å². The predicted molar refractivity (Wildman–Crippen MR) is 120 cm³/mol. The van der Waals surface area contributed by atoms with E-state index in [1.165, 1.54) is 12.1 Å². The van der Waals surface area contributed by atoms with Crippen LogP contribution in [0, 0.1) is 25.5 Å². The first kappa shape index (κ1) is 22.4. The average Bonchev–Trinajstić information content (AvgIpc) is 3.29. The monoisotopic (exact) mass is 466 g/mol. The molecular formula is C24H24F2N6O2. The molecule has 1 aromatic carbocycles. The molecule has 0 bridgehead atoms. The number of nitrogens with zero attached hydrogens (tertiary/aromatic N) is 6. The van der Waals surface area contributed by atoms with E-state index in [-0.39, 0.29) is 24.2 Å². The van der Waals surface area contributed by atoms with Gasteiger partial charge in [0.1, 0.15) is 28.7 Å². The van der Waals surface area contributed by atoms with Crippen molar-refractivity contribution in [3.05, 3.63) is 65.0 Å². The van der Waals surface area contributed by atoms with Gasteiger partial charge in [0.15, 0.2) is 5.65 Å². The van der Waals surface area contributed by atoms with Gasteiger partial charge in [-0.2, -0.15) is 5.10 Å². The van der Waals surface area contributed by atoms with Gasteiger partial charge in [0.2, 0.25) is 0 Å². The van der Waals surface area contributed by atoms with Crippen LogP contribution in [0.2, 0.25) is 0 Å². The number of fused-ring (bicyclic) bond motifs is 1. The molecule has 0 aliphatic carbocycles. The van der Waals surface area contributed by atoms with Gasteiger partial charge in [0.05, 0.1) is 36.8 Å². The molecule has 1 saturated heterocycles. The second kappa shape index (κ2) is 9.11. The van der Waals surface area contributed by atoms with E-state index in [0.29, 0.717) is 54.4 Å². The van der Waals surface area contributed by atoms with Gasteiger partial charge in [-0.05, 0) is 38.8 Å². The number of ether oxygens (including phenoxy) is 1. The molecule has 1 aliphatic heterocycles. The summed E-state index contributed by atoms with van der Waals surface area (Å²) >= 11 is 0. The molecule has 10 heteroatoms. The van der Waals surface area contributed by atoms with Crippen LogP contribution in [0.5, 0.6) is 0 Å². The zero-order valence-electron chi connectivity index (χ0n) is 18.9. The Morgan fingerprint density at radius 2 is 1.94 bits per heavy atom. The lowest BCUT2D eigenvalue weighted by atomic mass is 9.92. The number of aryl methyl sites for hydroxylation is 2. The van der Waals surface area contributed by atoms with Crippen LogP contribution < -0.4 is 0 Å². The highest BCUT2D eigenvalue weighted by Crippen LogP contribution is 2.38. The molecule has 0 saturated carbocycles. The molecule has 8 nitrogen and oxygen atoms in total. The largest absolute Gasteiger partial charge is 0.394 e. The van der Waals surface area contributed by atoms with Crippen molar-refractivity contribution in [3.63, 3.8) is 0 Å². The summed E-state index contributed by atoms with van der Waals surface area (Å²) in [5.74, 6) is -0.908. The molecule has 4 aromatic rings. The fourth-order valence-corrected chi connectivity index (χ4v) is 4.22. The normalized spacial score (nSPS) is 18.5. The Kier molecular flexibility index (Phi) is 6.01. The van der Waals surface area contributed by atoms with E-state index in [1.807, 2.05) is 20.0 Å². The summed E-state index contributed by atoms with van der Waals surface area (Å²) in [4.78, 5) is 18.6. The molecule has 0 spiro atoms. The fourth-order valence-electron chi connectivity index (χ4n) is 4.22. The molecule has 176 valence electrons. The molecule has 0 unspecified atom stereocenters. The second-order valence-electron chi connectivity index (χ2n) is 8.46. The van der Waals surface area contributed by atoms with Crippen molar-refractivity contribution in [1.82, 2.24) is 29.7 Å². The molecule has 34 heavy (non-hydrogen) atoms. The summed E-state index contributed by atoms with van der Waals surface area (Å²) in [5, 5.41) is 13.4. The van der Waals surface area contributed by atoms with E-state index in [4.69, 9.17) is 19.8 Å². The van der Waals surface area contributed by atoms with E-state index in [0.717, 1.165) is 17.3 Å². The first-order valence-corrected chi connectivity index (χ1v) is 11.2. The Labute approximate surface area is 194 Å². The second-order valence-corrected chi connectivity index (χ2v) is 8.46. The van der Waals surface area contributed by atoms with Gasteiger partial charge in [0, 0.05) is 35.9 Å². The number of hydrogen-bond donors (Lipinski definition) is 1. The number of halogens is 2. The first-order chi connectivity index (χ1) is 16.4. The molecular weight excluding hydrogens is 442 g/mol. The quantitative estimate of drug-likeness (QED) is 0.478. The number of rotatable bonds is 5. The van der Waals surface area contributed by atoms with Gasteiger partial charge in [-0.25, -0.2) is 28.7 Å². The fraction of sp³-hybridized carbons (Fsp3) is 0.375. The summed E-state index contributed by atoms with van der Waals surface area (Å²) in [7, 11) is 0. The first-order valence-electron chi connectivity index (χ1n) is 11.2. The van der Waals surface area contributed by atoms with Crippen LogP contribution in [0.15, 0.2) is 30.6 Å². The SMILES string of the molecule is Cc1nc2nc([C@H]3CCO[C@H](c4cnn(CCO)c4)C3)nc(-c3ccc(F)cc3F)c2nc1C. The topological polar surface area (TPSA) is 98.8 Å². The maximum absolute atomic E-state index is 14.8. The minimum Gasteiger partial charge on any atom is -0.394 e. The molecule has 1 fully saturated rings. The summed E-state index contributed by atoms with van der Waals surface area (Å²) in [5.41, 5.74) is 3.54. The highest BCUT2D eigenvalue weighted by molar-refractivity contribution is 5.87. The van der Waals surface area contributed by atoms with Crippen molar-refractivity contribution in [1.29, 1.82) is 0 Å². The van der Waals surface area contributed by atoms with Crippen LogP contribution in [0.3, 0.4) is 0 Å². The maximum Gasteiger partial charge on any atom is 0.182 e. The van der Waals surface area contributed by atoms with Crippen molar-refractivity contribution < 1.29 is 18.6 Å². The molecule has 3 aromatic heterocycles. The van der Waals surface area contributed by atoms with E-state index in [1.54, 1.807) is 10.9 Å². The van der Waals surface area contributed by atoms with Crippen LogP contribution in [0.25, 0.3) is 22.4 Å². The minimum atomic E-state index is -0.716. The third-order valence-corrected chi connectivity index (χ3v) is 6.15. The van der Waals surface area contributed by atoms with Crippen LogP contribution in [-0.4, -0.2) is 48.0 Å². The Bertz CT molecular complexity index is 1360. The van der Waals surface area contributed by atoms with Crippen LogP contribution >= 0.6 is 0 Å². The van der Waals surface area contributed by atoms with Gasteiger partial charge in [0.25, 0.3) is 0 Å². The standard InChI is InChI=1S/C24H24F2N6O2/c1-13-14(2)29-24-22(28-13)21(18-4-3-17(25)10-19(18)26)30-23(31-24)15-5-8-34-20(9-15)16-11-27-32(12-16)6-7-33/h3-4,10-12,15,20,33H,5-9H2,1-2H3/t15-,20-/m0/s1. The van der Waals surface area contributed by atoms with Gasteiger partial charge >= 0.3 is 0 Å². The van der Waals surface area contributed by atoms with Crippen molar-refractivity contribution in [2.24, 2.45) is 0 Å². The third-order valence-electron chi connectivity index (χ3n) is 6.15. The van der Waals surface area contributed by atoms with E-state index < -0.39 is 11.6 Å². The number of benzene rings is 1. The van der Waals surface area contributed by atoms with E-state index in [2.05, 4.69) is 15.1 Å². The van der Waals surface area contributed by atoms with Crippen LogP contribution in [0.1, 0.15) is 47.6 Å². The lowest BCUT2D eigenvalue weighted by Gasteiger charge is -2.28. The average molecular weight is 466 g/mol. The lowest BCUT2D eigenvalue weighted by Crippen LogP contribution is -2.20. The minimum absolute atomic E-state index is 0.00282. The van der Waals surface area contributed by atoms with E-state index in [9.17, 15) is 8.78 Å². The van der Waals surface area contributed by atoms with Crippen LogP contribution in [0.4, 0.5) is 8.78 Å². The lowest BCUT2D eigenvalue weighted by molar-refractivity contribution is 0.00395. The highest BCUT2D eigenvalue weighted by atomic mass is 19.1. The highest BCUT2D eigenvalue weighted by Gasteiger charge is 2.29. The Morgan fingerprint density at radius 3 is 2.74 bits per heavy atom. The summed E-state index contributed by atoms with van der Waals surface area (Å²) < 4.78 is 36.0. The maximum atomic E-state index is 14.8. The molecule has 1 aliphatic rings. The Hall–Kier alpha value is -3.37. The molecule has 4 heterocycles. The Balaban J connectivity index is 1.57. The summed E-state index contributed by atoms with van der Waals surface area (Å²) in [6, 6.07) is 3.41. The number of hydrogen-bond acceptors (Lipinski definition) is 7.